The molecular weight excluding hydrogens is 516 g/mol. The maximum Gasteiger partial charge on any atom is 0.328 e. The molecule has 0 spiro atoms. The van der Waals surface area contributed by atoms with Crippen LogP contribution < -0.4 is 16.1 Å². The van der Waals surface area contributed by atoms with Crippen molar-refractivity contribution >= 4 is 66.2 Å². The van der Waals surface area contributed by atoms with Gasteiger partial charge in [-0.15, -0.1) is 6.58 Å². The molecule has 30 heavy (non-hydrogen) atoms. The maximum absolute atomic E-state index is 13.0. The quantitative estimate of drug-likeness (QED) is 0.340. The smallest absolute Gasteiger partial charge is 0.328 e. The van der Waals surface area contributed by atoms with Crippen molar-refractivity contribution in [2.45, 2.75) is 6.92 Å². The molecule has 3 amide bonds. The molecule has 0 atom stereocenters. The molecule has 1 heterocycles. The first-order chi connectivity index (χ1) is 14.3. The van der Waals surface area contributed by atoms with Crippen LogP contribution in [-0.2, 0) is 9.59 Å². The van der Waals surface area contributed by atoms with E-state index in [1.807, 2.05) is 25.1 Å². The molecule has 3 rings (SSSR count). The topological polar surface area (TPSA) is 92.2 Å². The Bertz CT molecular complexity index is 1170. The molecule has 7 nitrogen and oxygen atoms in total. The minimum Gasteiger partial charge on any atom is -0.344 e. The summed E-state index contributed by atoms with van der Waals surface area (Å²) in [4.78, 5) is 37.3. The van der Waals surface area contributed by atoms with Crippen LogP contribution in [0.3, 0.4) is 0 Å². The van der Waals surface area contributed by atoms with E-state index in [1.54, 1.807) is 24.3 Å². The summed E-state index contributed by atoms with van der Waals surface area (Å²) in [5, 5.41) is 5.94. The Labute approximate surface area is 189 Å². The van der Waals surface area contributed by atoms with E-state index >= 15 is 0 Å². The minimum absolute atomic E-state index is 0.155. The second-order valence-electron chi connectivity index (χ2n) is 6.43. The summed E-state index contributed by atoms with van der Waals surface area (Å²) in [5.74, 6) is -2.16. The number of nitrogens with zero attached hydrogens (tertiary/aromatic N) is 1. The van der Waals surface area contributed by atoms with Crippen LogP contribution in [-0.4, -0.2) is 28.9 Å². The highest BCUT2D eigenvalue weighted by Crippen LogP contribution is 2.25. The van der Waals surface area contributed by atoms with Crippen molar-refractivity contribution in [3.05, 3.63) is 75.3 Å². The van der Waals surface area contributed by atoms with Crippen LogP contribution in [0.2, 0.25) is 0 Å². The molecule has 3 N–H and O–H groups in total. The van der Waals surface area contributed by atoms with E-state index in [0.717, 1.165) is 14.5 Å². The molecule has 154 valence electrons. The SMILES string of the molecule is C=CCNC(=O)C(=O)Nn1c(C(=O)Nc2ccc(Br)c(C)c2)cc2cc(Br)ccc21. The zero-order valence-corrected chi connectivity index (χ0v) is 19.1. The van der Waals surface area contributed by atoms with Crippen molar-refractivity contribution in [1.82, 2.24) is 9.99 Å². The summed E-state index contributed by atoms with van der Waals surface area (Å²) in [7, 11) is 0. The maximum atomic E-state index is 13.0. The van der Waals surface area contributed by atoms with E-state index < -0.39 is 17.7 Å². The Kier molecular flexibility index (Phi) is 6.73. The van der Waals surface area contributed by atoms with Gasteiger partial charge in [-0.3, -0.25) is 19.8 Å². The predicted molar refractivity (Wildman–Crippen MR) is 124 cm³/mol. The van der Waals surface area contributed by atoms with Crippen LogP contribution in [0.5, 0.6) is 0 Å². The lowest BCUT2D eigenvalue weighted by molar-refractivity contribution is -0.136. The Balaban J connectivity index is 1.96. The number of amides is 3. The first-order valence-electron chi connectivity index (χ1n) is 8.88. The van der Waals surface area contributed by atoms with E-state index in [9.17, 15) is 14.4 Å². The van der Waals surface area contributed by atoms with Crippen LogP contribution in [0.4, 0.5) is 5.69 Å². The highest BCUT2D eigenvalue weighted by atomic mass is 79.9. The molecule has 0 aliphatic carbocycles. The lowest BCUT2D eigenvalue weighted by atomic mass is 10.2. The molecule has 0 aliphatic rings. The molecule has 9 heteroatoms. The summed E-state index contributed by atoms with van der Waals surface area (Å²) >= 11 is 6.83. The first-order valence-corrected chi connectivity index (χ1v) is 10.5. The van der Waals surface area contributed by atoms with Crippen LogP contribution in [0.1, 0.15) is 16.1 Å². The number of aromatic nitrogens is 1. The van der Waals surface area contributed by atoms with Crippen molar-refractivity contribution in [3.8, 4) is 0 Å². The summed E-state index contributed by atoms with van der Waals surface area (Å²) in [6.45, 7) is 5.56. The Morgan fingerprint density at radius 2 is 1.83 bits per heavy atom. The highest BCUT2D eigenvalue weighted by Gasteiger charge is 2.21. The van der Waals surface area contributed by atoms with Gasteiger partial charge in [0.25, 0.3) is 5.91 Å². The largest absolute Gasteiger partial charge is 0.344 e. The molecule has 0 unspecified atom stereocenters. The van der Waals surface area contributed by atoms with Gasteiger partial charge in [0.1, 0.15) is 5.69 Å². The average Bonchev–Trinajstić information content (AvgIpc) is 3.06. The number of hydrogen-bond acceptors (Lipinski definition) is 3. The van der Waals surface area contributed by atoms with Gasteiger partial charge in [-0.1, -0.05) is 37.9 Å². The molecule has 1 aromatic heterocycles. The van der Waals surface area contributed by atoms with Gasteiger partial charge in [0, 0.05) is 26.6 Å². The molecule has 3 aromatic rings. The Morgan fingerprint density at radius 3 is 2.53 bits per heavy atom. The highest BCUT2D eigenvalue weighted by molar-refractivity contribution is 9.10. The second-order valence-corrected chi connectivity index (χ2v) is 8.20. The normalized spacial score (nSPS) is 10.5. The van der Waals surface area contributed by atoms with Crippen molar-refractivity contribution in [1.29, 1.82) is 0 Å². The van der Waals surface area contributed by atoms with Crippen LogP contribution >= 0.6 is 31.9 Å². The summed E-state index contributed by atoms with van der Waals surface area (Å²) in [6, 6.07) is 12.4. The number of anilines is 1. The predicted octanol–water partition coefficient (Wildman–Crippen LogP) is 4.10. The van der Waals surface area contributed by atoms with E-state index in [4.69, 9.17) is 0 Å². The monoisotopic (exact) mass is 532 g/mol. The van der Waals surface area contributed by atoms with E-state index in [2.05, 4.69) is 54.5 Å². The van der Waals surface area contributed by atoms with E-state index in [1.165, 1.54) is 10.8 Å². The number of benzene rings is 2. The molecule has 0 saturated heterocycles. The number of halogens is 2. The lowest BCUT2D eigenvalue weighted by Gasteiger charge is -2.13. The molecule has 2 aromatic carbocycles. The number of rotatable bonds is 5. The number of hydrogen-bond donors (Lipinski definition) is 3. The zero-order valence-electron chi connectivity index (χ0n) is 16.0. The molecule has 0 aliphatic heterocycles. The van der Waals surface area contributed by atoms with Gasteiger partial charge >= 0.3 is 11.8 Å². The van der Waals surface area contributed by atoms with Gasteiger partial charge in [-0.25, -0.2) is 4.68 Å². The van der Waals surface area contributed by atoms with Crippen molar-refractivity contribution in [3.63, 3.8) is 0 Å². The fourth-order valence-electron chi connectivity index (χ4n) is 2.79. The van der Waals surface area contributed by atoms with Crippen LogP contribution in [0.25, 0.3) is 10.9 Å². The first kappa shape index (κ1) is 21.8. The zero-order chi connectivity index (χ0) is 21.8. The Morgan fingerprint density at radius 1 is 1.07 bits per heavy atom. The van der Waals surface area contributed by atoms with Gasteiger partial charge < -0.3 is 10.6 Å². The fraction of sp³-hybridized carbons (Fsp3) is 0.0952. The standard InChI is InChI=1S/C21H18Br2N4O3/c1-3-8-24-20(29)21(30)26-27-17-7-4-14(22)10-13(17)11-18(27)19(28)25-15-5-6-16(23)12(2)9-15/h3-7,9-11H,1,8H2,2H3,(H,24,29)(H,25,28)(H,26,30). The fourth-order valence-corrected chi connectivity index (χ4v) is 3.41. The van der Waals surface area contributed by atoms with Gasteiger partial charge in [0.15, 0.2) is 0 Å². The molecule has 0 saturated carbocycles. The molecule has 0 bridgehead atoms. The van der Waals surface area contributed by atoms with Crippen LogP contribution in [0.15, 0.2) is 64.1 Å². The Hall–Kier alpha value is -2.91. The third kappa shape index (κ3) is 4.80. The lowest BCUT2D eigenvalue weighted by Crippen LogP contribution is -2.39. The molecular formula is C21H18Br2N4O3. The van der Waals surface area contributed by atoms with Gasteiger partial charge in [-0.05, 0) is 55.0 Å². The van der Waals surface area contributed by atoms with Crippen LogP contribution in [0, 0.1) is 6.92 Å². The average molecular weight is 534 g/mol. The van der Waals surface area contributed by atoms with E-state index in [0.29, 0.717) is 16.6 Å². The number of carbonyl (C=O) groups excluding carboxylic acids is 3. The minimum atomic E-state index is -0.897. The van der Waals surface area contributed by atoms with E-state index in [-0.39, 0.29) is 12.2 Å². The van der Waals surface area contributed by atoms with Gasteiger partial charge in [-0.2, -0.15) is 0 Å². The number of carbonyl (C=O) groups is 3. The summed E-state index contributed by atoms with van der Waals surface area (Å²) in [5.41, 5.74) is 4.81. The van der Waals surface area contributed by atoms with Crippen molar-refractivity contribution in [2.75, 3.05) is 17.3 Å². The third-order valence-corrected chi connectivity index (χ3v) is 5.62. The van der Waals surface area contributed by atoms with Crippen molar-refractivity contribution < 1.29 is 14.4 Å². The second kappa shape index (κ2) is 9.27. The summed E-state index contributed by atoms with van der Waals surface area (Å²) < 4.78 is 3.05. The number of nitrogens with one attached hydrogen (secondary N) is 3. The van der Waals surface area contributed by atoms with Gasteiger partial charge in [0.05, 0.1) is 5.52 Å². The summed E-state index contributed by atoms with van der Waals surface area (Å²) in [6.07, 6.45) is 1.47. The molecule has 0 fully saturated rings. The third-order valence-electron chi connectivity index (χ3n) is 4.24. The van der Waals surface area contributed by atoms with Gasteiger partial charge in [0.2, 0.25) is 0 Å². The van der Waals surface area contributed by atoms with Crippen molar-refractivity contribution in [2.24, 2.45) is 0 Å². The molecule has 0 radical (unpaired) electrons. The number of aryl methyl sites for hydroxylation is 1. The number of fused-ring (bicyclic) bond motifs is 1.